The minimum Gasteiger partial charge on any atom is -0.258 e. The van der Waals surface area contributed by atoms with Crippen LogP contribution in [0.25, 0.3) is 0 Å². The number of sulfonamides is 1. The maximum Gasteiger partial charge on any atom is 0.304 e. The minimum atomic E-state index is -3.79. The van der Waals surface area contributed by atoms with Gasteiger partial charge in [-0.1, -0.05) is 0 Å². The Hall–Kier alpha value is -1.54. The van der Waals surface area contributed by atoms with Gasteiger partial charge in [-0.25, -0.2) is 13.1 Å². The van der Waals surface area contributed by atoms with Crippen LogP contribution < -0.4 is 4.72 Å². The number of halogens is 1. The lowest BCUT2D eigenvalue weighted by molar-refractivity contribution is -0.387. The number of benzene rings is 1. The van der Waals surface area contributed by atoms with Crippen LogP contribution in [-0.4, -0.2) is 19.9 Å². The molecule has 0 amide bonds. The summed E-state index contributed by atoms with van der Waals surface area (Å²) in [6.45, 7) is 0.320. The van der Waals surface area contributed by atoms with Crippen molar-refractivity contribution in [3.63, 3.8) is 0 Å². The number of nitro groups is 1. The van der Waals surface area contributed by atoms with E-state index in [0.717, 1.165) is 25.0 Å². The molecule has 0 atom stereocenters. The van der Waals surface area contributed by atoms with E-state index in [1.165, 1.54) is 0 Å². The Labute approximate surface area is 103 Å². The highest BCUT2D eigenvalue weighted by molar-refractivity contribution is 7.89. The first-order chi connectivity index (χ1) is 8.40. The molecule has 0 unspecified atom stereocenters. The summed E-state index contributed by atoms with van der Waals surface area (Å²) in [6, 6.07) is 2.53. The van der Waals surface area contributed by atoms with Gasteiger partial charge in [0.15, 0.2) is 0 Å². The second kappa shape index (κ2) is 4.62. The van der Waals surface area contributed by atoms with Crippen molar-refractivity contribution in [1.29, 1.82) is 0 Å². The van der Waals surface area contributed by atoms with Crippen LogP contribution in [0.15, 0.2) is 23.1 Å². The van der Waals surface area contributed by atoms with Crippen LogP contribution in [0.5, 0.6) is 0 Å². The monoisotopic (exact) mass is 274 g/mol. The Morgan fingerprint density at radius 2 is 2.11 bits per heavy atom. The Bertz CT molecular complexity index is 584. The summed E-state index contributed by atoms with van der Waals surface area (Å²) in [7, 11) is -3.79. The molecule has 0 radical (unpaired) electrons. The van der Waals surface area contributed by atoms with Crippen molar-refractivity contribution in [3.8, 4) is 0 Å². The number of nitrogens with one attached hydrogen (secondary N) is 1. The predicted octanol–water partition coefficient (Wildman–Crippen LogP) is 1.42. The van der Waals surface area contributed by atoms with Crippen molar-refractivity contribution in [2.24, 2.45) is 5.92 Å². The second-order valence-electron chi connectivity index (χ2n) is 4.17. The normalized spacial score (nSPS) is 15.6. The first kappa shape index (κ1) is 12.9. The van der Waals surface area contributed by atoms with Crippen LogP contribution in [0.1, 0.15) is 12.8 Å². The minimum absolute atomic E-state index is 0.300. The van der Waals surface area contributed by atoms with Crippen molar-refractivity contribution >= 4 is 15.7 Å². The van der Waals surface area contributed by atoms with E-state index < -0.39 is 26.5 Å². The van der Waals surface area contributed by atoms with Crippen molar-refractivity contribution in [2.45, 2.75) is 17.7 Å². The standard InChI is InChI=1S/C10H11FN2O4S/c11-9-5-8(3-4-10(9)13(14)15)18(16,17)12-6-7-1-2-7/h3-5,7,12H,1-2,6H2. The Morgan fingerprint density at radius 3 is 2.61 bits per heavy atom. The molecule has 1 aromatic carbocycles. The maximum absolute atomic E-state index is 13.3. The second-order valence-corrected chi connectivity index (χ2v) is 5.93. The lowest BCUT2D eigenvalue weighted by atomic mass is 10.3. The molecule has 1 fully saturated rings. The third-order valence-electron chi connectivity index (χ3n) is 2.69. The average Bonchev–Trinajstić information content (AvgIpc) is 3.09. The molecule has 1 aromatic rings. The number of hydrogen-bond donors (Lipinski definition) is 1. The Kier molecular flexibility index (Phi) is 3.31. The van der Waals surface area contributed by atoms with Gasteiger partial charge in [0.25, 0.3) is 0 Å². The van der Waals surface area contributed by atoms with Gasteiger partial charge in [-0.05, 0) is 24.8 Å². The molecular weight excluding hydrogens is 263 g/mol. The molecule has 18 heavy (non-hydrogen) atoms. The number of nitrogens with zero attached hydrogens (tertiary/aromatic N) is 1. The summed E-state index contributed by atoms with van der Waals surface area (Å²) in [6.07, 6.45) is 1.97. The molecule has 0 saturated heterocycles. The smallest absolute Gasteiger partial charge is 0.258 e. The molecule has 0 spiro atoms. The largest absolute Gasteiger partial charge is 0.304 e. The third-order valence-corrected chi connectivity index (χ3v) is 4.11. The summed E-state index contributed by atoms with van der Waals surface area (Å²) in [5, 5.41) is 10.4. The van der Waals surface area contributed by atoms with E-state index in [4.69, 9.17) is 0 Å². The van der Waals surface area contributed by atoms with Crippen LogP contribution in [0.2, 0.25) is 0 Å². The first-order valence-corrected chi connectivity index (χ1v) is 6.82. The van der Waals surface area contributed by atoms with Crippen molar-refractivity contribution in [1.82, 2.24) is 4.72 Å². The Balaban J connectivity index is 2.21. The first-order valence-electron chi connectivity index (χ1n) is 5.34. The van der Waals surface area contributed by atoms with Crippen LogP contribution in [0, 0.1) is 21.8 Å². The molecule has 0 bridgehead atoms. The summed E-state index contributed by atoms with van der Waals surface area (Å²) in [5.74, 6) is -0.808. The molecule has 98 valence electrons. The Morgan fingerprint density at radius 1 is 1.44 bits per heavy atom. The highest BCUT2D eigenvalue weighted by Gasteiger charge is 2.25. The van der Waals surface area contributed by atoms with E-state index in [-0.39, 0.29) is 4.90 Å². The fourth-order valence-electron chi connectivity index (χ4n) is 1.44. The van der Waals surface area contributed by atoms with Gasteiger partial charge in [0.05, 0.1) is 9.82 Å². The quantitative estimate of drug-likeness (QED) is 0.649. The molecule has 0 aromatic heterocycles. The van der Waals surface area contributed by atoms with Gasteiger partial charge >= 0.3 is 5.69 Å². The number of hydrogen-bond acceptors (Lipinski definition) is 4. The lowest BCUT2D eigenvalue weighted by Crippen LogP contribution is -2.25. The van der Waals surface area contributed by atoms with Gasteiger partial charge < -0.3 is 0 Å². The fraction of sp³-hybridized carbons (Fsp3) is 0.400. The molecule has 2 rings (SSSR count). The van der Waals surface area contributed by atoms with Crippen molar-refractivity contribution < 1.29 is 17.7 Å². The summed E-state index contributed by atoms with van der Waals surface area (Å²) in [5.41, 5.74) is -0.740. The van der Waals surface area contributed by atoms with Gasteiger partial charge in [0.1, 0.15) is 0 Å². The summed E-state index contributed by atoms with van der Waals surface area (Å²) < 4.78 is 39.2. The molecule has 0 aliphatic heterocycles. The molecule has 6 nitrogen and oxygen atoms in total. The van der Waals surface area contributed by atoms with Crippen LogP contribution in [0.3, 0.4) is 0 Å². The average molecular weight is 274 g/mol. The molecule has 8 heteroatoms. The molecule has 1 saturated carbocycles. The number of rotatable bonds is 5. The van der Waals surface area contributed by atoms with E-state index in [9.17, 15) is 22.9 Å². The summed E-state index contributed by atoms with van der Waals surface area (Å²) in [4.78, 5) is 9.21. The topological polar surface area (TPSA) is 89.3 Å². The zero-order chi connectivity index (χ0) is 13.3. The van der Waals surface area contributed by atoms with E-state index in [0.29, 0.717) is 18.5 Å². The molecule has 0 heterocycles. The highest BCUT2D eigenvalue weighted by atomic mass is 32.2. The maximum atomic E-state index is 13.3. The predicted molar refractivity (Wildman–Crippen MR) is 61.0 cm³/mol. The van der Waals surface area contributed by atoms with Crippen molar-refractivity contribution in [3.05, 3.63) is 34.1 Å². The molecule has 1 aliphatic rings. The fourth-order valence-corrected chi connectivity index (χ4v) is 2.56. The van der Waals surface area contributed by atoms with Gasteiger partial charge in [-0.15, -0.1) is 0 Å². The van der Waals surface area contributed by atoms with Gasteiger partial charge in [0, 0.05) is 18.7 Å². The molecule has 1 aliphatic carbocycles. The van der Waals surface area contributed by atoms with E-state index in [1.54, 1.807) is 0 Å². The highest BCUT2D eigenvalue weighted by Crippen LogP contribution is 2.28. The van der Waals surface area contributed by atoms with Gasteiger partial charge in [0.2, 0.25) is 15.8 Å². The molecule has 1 N–H and O–H groups in total. The number of nitro benzene ring substituents is 1. The van der Waals surface area contributed by atoms with Gasteiger partial charge in [-0.3, -0.25) is 10.1 Å². The zero-order valence-corrected chi connectivity index (χ0v) is 10.1. The van der Waals surface area contributed by atoms with Crippen LogP contribution >= 0.6 is 0 Å². The summed E-state index contributed by atoms with van der Waals surface area (Å²) >= 11 is 0. The van der Waals surface area contributed by atoms with Gasteiger partial charge in [-0.2, -0.15) is 4.39 Å². The third kappa shape index (κ3) is 2.82. The lowest BCUT2D eigenvalue weighted by Gasteiger charge is -2.05. The van der Waals surface area contributed by atoms with E-state index in [2.05, 4.69) is 4.72 Å². The van der Waals surface area contributed by atoms with Crippen LogP contribution in [-0.2, 0) is 10.0 Å². The van der Waals surface area contributed by atoms with E-state index in [1.807, 2.05) is 0 Å². The van der Waals surface area contributed by atoms with E-state index >= 15 is 0 Å². The molecular formula is C10H11FN2O4S. The van der Waals surface area contributed by atoms with Crippen molar-refractivity contribution in [2.75, 3.05) is 6.54 Å². The zero-order valence-electron chi connectivity index (χ0n) is 9.30. The SMILES string of the molecule is O=[N+]([O-])c1ccc(S(=O)(=O)NCC2CC2)cc1F. The van der Waals surface area contributed by atoms with Crippen LogP contribution in [0.4, 0.5) is 10.1 Å².